The number of benzene rings is 2. The molecule has 2 N–H and O–H groups in total. The predicted molar refractivity (Wildman–Crippen MR) is 128 cm³/mol. The van der Waals surface area contributed by atoms with Crippen LogP contribution in [0.25, 0.3) is 6.08 Å². The lowest BCUT2D eigenvalue weighted by atomic mass is 10.1. The van der Waals surface area contributed by atoms with E-state index >= 15 is 0 Å². The summed E-state index contributed by atoms with van der Waals surface area (Å²) in [6.07, 6.45) is 3.57. The number of carbonyl (C=O) groups is 2. The highest BCUT2D eigenvalue weighted by molar-refractivity contribution is 7.92. The van der Waals surface area contributed by atoms with Crippen LogP contribution in [0.5, 0.6) is 0 Å². The van der Waals surface area contributed by atoms with Crippen LogP contribution < -0.4 is 10.6 Å². The molecule has 0 radical (unpaired) electrons. The highest BCUT2D eigenvalue weighted by Gasteiger charge is 2.27. The molecule has 0 aromatic heterocycles. The van der Waals surface area contributed by atoms with Gasteiger partial charge < -0.3 is 10.6 Å². The molecule has 2 aromatic rings. The second-order valence-electron chi connectivity index (χ2n) is 8.28. The normalized spacial score (nSPS) is 17.7. The smallest absolute Gasteiger partial charge is 0.253 e. The Labute approximate surface area is 194 Å². The van der Waals surface area contributed by atoms with Crippen LogP contribution >= 0.6 is 0 Å². The fraction of sp³-hybridized carbons (Fsp3) is 0.333. The van der Waals surface area contributed by atoms with Crippen LogP contribution in [0, 0.1) is 0 Å². The number of rotatable bonds is 8. The molecule has 0 unspecified atom stereocenters. The van der Waals surface area contributed by atoms with Gasteiger partial charge in [-0.25, -0.2) is 8.42 Å². The second-order valence-corrected chi connectivity index (χ2v) is 10.1. The standard InChI is InChI=1S/C24H28N4O4S/c29-23(26-22-9-5-4-8-21(22)24(30)25-20-10-11-20)18-27-13-15-28(16-14-27)33(31,32)17-12-19-6-2-1-3-7-19/h1-9,12,17,20H,10-11,13-16,18H2,(H,25,30)(H,26,29)/b17-12+. The molecule has 2 aromatic carbocycles. The highest BCUT2D eigenvalue weighted by Crippen LogP contribution is 2.21. The lowest BCUT2D eigenvalue weighted by Crippen LogP contribution is -2.50. The summed E-state index contributed by atoms with van der Waals surface area (Å²) in [5, 5.41) is 6.99. The van der Waals surface area contributed by atoms with Gasteiger partial charge in [-0.3, -0.25) is 14.5 Å². The third-order valence-corrected chi connectivity index (χ3v) is 7.21. The SMILES string of the molecule is O=C(CN1CCN(S(=O)(=O)/C=C/c2ccccc2)CC1)Nc1ccccc1C(=O)NC1CC1. The molecule has 33 heavy (non-hydrogen) atoms. The largest absolute Gasteiger partial charge is 0.349 e. The zero-order valence-electron chi connectivity index (χ0n) is 18.3. The molecule has 174 valence electrons. The number of carbonyl (C=O) groups excluding carboxylic acids is 2. The summed E-state index contributed by atoms with van der Waals surface area (Å²) in [4.78, 5) is 26.9. The maximum atomic E-state index is 12.6. The third kappa shape index (κ3) is 6.50. The van der Waals surface area contributed by atoms with E-state index in [4.69, 9.17) is 0 Å². The Bertz CT molecular complexity index is 1120. The maximum absolute atomic E-state index is 12.6. The number of hydrogen-bond donors (Lipinski definition) is 2. The molecular formula is C24H28N4O4S. The van der Waals surface area contributed by atoms with Crippen molar-refractivity contribution in [2.75, 3.05) is 38.0 Å². The summed E-state index contributed by atoms with van der Waals surface area (Å²) in [5.74, 6) is -0.419. The Morgan fingerprint density at radius 3 is 2.30 bits per heavy atom. The molecule has 2 fully saturated rings. The van der Waals surface area contributed by atoms with E-state index in [1.165, 1.54) is 9.71 Å². The number of hydrogen-bond acceptors (Lipinski definition) is 5. The molecule has 0 spiro atoms. The minimum absolute atomic E-state index is 0.131. The van der Waals surface area contributed by atoms with E-state index in [-0.39, 0.29) is 24.4 Å². The third-order valence-electron chi connectivity index (χ3n) is 5.65. The van der Waals surface area contributed by atoms with E-state index in [9.17, 15) is 18.0 Å². The molecule has 0 atom stereocenters. The van der Waals surface area contributed by atoms with Crippen molar-refractivity contribution in [1.29, 1.82) is 0 Å². The number of nitrogens with zero attached hydrogens (tertiary/aromatic N) is 2. The monoisotopic (exact) mass is 468 g/mol. The molecule has 9 heteroatoms. The molecule has 1 aliphatic heterocycles. The van der Waals surface area contributed by atoms with Crippen LogP contribution in [0.3, 0.4) is 0 Å². The molecule has 1 saturated carbocycles. The van der Waals surface area contributed by atoms with E-state index in [1.807, 2.05) is 35.2 Å². The van der Waals surface area contributed by atoms with Crippen molar-refractivity contribution in [2.45, 2.75) is 18.9 Å². The van der Waals surface area contributed by atoms with Crippen molar-refractivity contribution in [1.82, 2.24) is 14.5 Å². The van der Waals surface area contributed by atoms with E-state index < -0.39 is 10.0 Å². The predicted octanol–water partition coefficient (Wildman–Crippen LogP) is 2.14. The Kier molecular flexibility index (Phi) is 7.22. The van der Waals surface area contributed by atoms with Gasteiger partial charge >= 0.3 is 0 Å². The zero-order valence-corrected chi connectivity index (χ0v) is 19.1. The number of amides is 2. The van der Waals surface area contributed by atoms with Crippen LogP contribution in [0.1, 0.15) is 28.8 Å². The van der Waals surface area contributed by atoms with Gasteiger partial charge in [-0.05, 0) is 36.6 Å². The topological polar surface area (TPSA) is 98.8 Å². The Balaban J connectivity index is 1.28. The van der Waals surface area contributed by atoms with E-state index in [0.717, 1.165) is 18.4 Å². The minimum atomic E-state index is -3.52. The van der Waals surface area contributed by atoms with Gasteiger partial charge in [0, 0.05) is 37.6 Å². The average molecular weight is 469 g/mol. The summed E-state index contributed by atoms with van der Waals surface area (Å²) in [5.41, 5.74) is 1.74. The molecule has 8 nitrogen and oxygen atoms in total. The number of anilines is 1. The fourth-order valence-electron chi connectivity index (χ4n) is 3.63. The molecule has 0 bridgehead atoms. The Morgan fingerprint density at radius 1 is 0.939 bits per heavy atom. The first-order valence-corrected chi connectivity index (χ1v) is 12.6. The van der Waals surface area contributed by atoms with Crippen LogP contribution in [0.2, 0.25) is 0 Å². The van der Waals surface area contributed by atoms with Crippen molar-refractivity contribution in [3.05, 3.63) is 71.1 Å². The fourth-order valence-corrected chi connectivity index (χ4v) is 4.80. The number of para-hydroxylation sites is 1. The summed E-state index contributed by atoms with van der Waals surface area (Å²) in [6.45, 7) is 1.67. The van der Waals surface area contributed by atoms with Crippen LogP contribution in [-0.4, -0.2) is 68.2 Å². The lowest BCUT2D eigenvalue weighted by molar-refractivity contribution is -0.117. The highest BCUT2D eigenvalue weighted by atomic mass is 32.2. The molecule has 2 aliphatic rings. The van der Waals surface area contributed by atoms with Crippen LogP contribution in [0.15, 0.2) is 60.0 Å². The molecule has 1 saturated heterocycles. The van der Waals surface area contributed by atoms with Crippen molar-refractivity contribution in [3.8, 4) is 0 Å². The number of piperazine rings is 1. The van der Waals surface area contributed by atoms with E-state index in [1.54, 1.807) is 30.3 Å². The summed E-state index contributed by atoms with van der Waals surface area (Å²) in [6, 6.07) is 16.5. The van der Waals surface area contributed by atoms with Gasteiger partial charge in [0.15, 0.2) is 0 Å². The Morgan fingerprint density at radius 2 is 1.61 bits per heavy atom. The first-order valence-electron chi connectivity index (χ1n) is 11.1. The quantitative estimate of drug-likeness (QED) is 0.619. The maximum Gasteiger partial charge on any atom is 0.253 e. The van der Waals surface area contributed by atoms with E-state index in [0.29, 0.717) is 37.4 Å². The van der Waals surface area contributed by atoms with Crippen molar-refractivity contribution >= 4 is 33.6 Å². The molecular weight excluding hydrogens is 440 g/mol. The van der Waals surface area contributed by atoms with Crippen molar-refractivity contribution < 1.29 is 18.0 Å². The van der Waals surface area contributed by atoms with Gasteiger partial charge in [0.05, 0.1) is 17.8 Å². The molecule has 1 aliphatic carbocycles. The number of sulfonamides is 1. The molecule has 1 heterocycles. The van der Waals surface area contributed by atoms with Gasteiger partial charge in [-0.15, -0.1) is 0 Å². The first-order chi connectivity index (χ1) is 15.9. The zero-order chi connectivity index (χ0) is 23.3. The second kappa shape index (κ2) is 10.3. The lowest BCUT2D eigenvalue weighted by Gasteiger charge is -2.32. The summed E-state index contributed by atoms with van der Waals surface area (Å²) in [7, 11) is -3.52. The summed E-state index contributed by atoms with van der Waals surface area (Å²) >= 11 is 0. The summed E-state index contributed by atoms with van der Waals surface area (Å²) < 4.78 is 26.7. The van der Waals surface area contributed by atoms with Gasteiger partial charge in [-0.2, -0.15) is 4.31 Å². The van der Waals surface area contributed by atoms with Gasteiger partial charge in [0.25, 0.3) is 5.91 Å². The van der Waals surface area contributed by atoms with Crippen LogP contribution in [0.4, 0.5) is 5.69 Å². The Hall–Kier alpha value is -3.01. The van der Waals surface area contributed by atoms with Gasteiger partial charge in [-0.1, -0.05) is 42.5 Å². The average Bonchev–Trinajstić information content (AvgIpc) is 3.63. The minimum Gasteiger partial charge on any atom is -0.349 e. The van der Waals surface area contributed by atoms with Crippen molar-refractivity contribution in [3.63, 3.8) is 0 Å². The number of nitrogens with one attached hydrogen (secondary N) is 2. The van der Waals surface area contributed by atoms with Gasteiger partial charge in [0.2, 0.25) is 15.9 Å². The van der Waals surface area contributed by atoms with E-state index in [2.05, 4.69) is 10.6 Å². The molecule has 4 rings (SSSR count). The van der Waals surface area contributed by atoms with Crippen LogP contribution in [-0.2, 0) is 14.8 Å². The van der Waals surface area contributed by atoms with Gasteiger partial charge in [0.1, 0.15) is 0 Å². The molecule has 2 amide bonds. The first kappa shape index (κ1) is 23.2. The van der Waals surface area contributed by atoms with Crippen molar-refractivity contribution in [2.24, 2.45) is 0 Å².